The average Bonchev–Trinajstić information content (AvgIpc) is 2.35. The Morgan fingerprint density at radius 1 is 1.18 bits per heavy atom. The molecule has 1 heterocycles. The topological polar surface area (TPSA) is 57.2 Å². The van der Waals surface area contributed by atoms with E-state index < -0.39 is 0 Å². The van der Waals surface area contributed by atoms with Crippen LogP contribution in [0.1, 0.15) is 33.1 Å². The molecule has 1 rings (SSSR count). The Hall–Kier alpha value is -1.29. The molecule has 0 aliphatic rings. The quantitative estimate of drug-likeness (QED) is 0.650. The van der Waals surface area contributed by atoms with Gasteiger partial charge in [0.25, 0.3) is 0 Å². The van der Waals surface area contributed by atoms with Crippen LogP contribution in [0.4, 0.5) is 11.4 Å². The fraction of sp³-hybridized carbons (Fsp3) is 0.615. The van der Waals surface area contributed by atoms with E-state index in [1.807, 2.05) is 12.3 Å². The summed E-state index contributed by atoms with van der Waals surface area (Å²) in [6, 6.07) is 2.02. The van der Waals surface area contributed by atoms with E-state index in [1.54, 1.807) is 6.20 Å². The van der Waals surface area contributed by atoms with Crippen molar-refractivity contribution < 1.29 is 5.11 Å². The van der Waals surface area contributed by atoms with Crippen LogP contribution in [0.5, 0.6) is 0 Å². The van der Waals surface area contributed by atoms with E-state index in [0.717, 1.165) is 37.2 Å². The summed E-state index contributed by atoms with van der Waals surface area (Å²) in [6.07, 6.45) is 6.21. The normalized spacial score (nSPS) is 12.2. The summed E-state index contributed by atoms with van der Waals surface area (Å²) in [5, 5.41) is 16.1. The number of aliphatic hydroxyl groups is 1. The molecule has 0 radical (unpaired) electrons. The van der Waals surface area contributed by atoms with Gasteiger partial charge in [-0.2, -0.15) is 0 Å². The predicted octanol–water partition coefficient (Wildman–Crippen LogP) is 2.48. The lowest BCUT2D eigenvalue weighted by atomic mass is 10.2. The third kappa shape index (κ3) is 5.54. The lowest BCUT2D eigenvalue weighted by Gasteiger charge is -2.12. The first-order chi connectivity index (χ1) is 8.26. The monoisotopic (exact) mass is 237 g/mol. The van der Waals surface area contributed by atoms with Gasteiger partial charge in [0, 0.05) is 13.1 Å². The van der Waals surface area contributed by atoms with Gasteiger partial charge in [0.2, 0.25) is 0 Å². The van der Waals surface area contributed by atoms with E-state index in [2.05, 4.69) is 29.5 Å². The van der Waals surface area contributed by atoms with Crippen LogP contribution in [0, 0.1) is 0 Å². The van der Waals surface area contributed by atoms with Gasteiger partial charge in [-0.15, -0.1) is 0 Å². The molecule has 0 fully saturated rings. The van der Waals surface area contributed by atoms with Gasteiger partial charge in [-0.05, 0) is 18.9 Å². The first-order valence-corrected chi connectivity index (χ1v) is 6.37. The van der Waals surface area contributed by atoms with Crippen LogP contribution in [0.2, 0.25) is 0 Å². The van der Waals surface area contributed by atoms with Crippen molar-refractivity contribution in [2.45, 2.75) is 39.2 Å². The molecule has 0 saturated heterocycles. The number of hydrogen-bond acceptors (Lipinski definition) is 4. The fourth-order valence-corrected chi connectivity index (χ4v) is 1.57. The van der Waals surface area contributed by atoms with E-state index in [1.165, 1.54) is 0 Å². The van der Waals surface area contributed by atoms with Crippen molar-refractivity contribution in [2.75, 3.05) is 23.7 Å². The van der Waals surface area contributed by atoms with Gasteiger partial charge in [-0.3, -0.25) is 4.98 Å². The number of nitrogens with one attached hydrogen (secondary N) is 2. The number of pyridine rings is 1. The zero-order chi connectivity index (χ0) is 12.5. The minimum atomic E-state index is -0.285. The number of rotatable bonds is 8. The summed E-state index contributed by atoms with van der Waals surface area (Å²) in [5.41, 5.74) is 1.96. The predicted molar refractivity (Wildman–Crippen MR) is 72.4 cm³/mol. The van der Waals surface area contributed by atoms with Crippen molar-refractivity contribution in [1.82, 2.24) is 4.98 Å². The van der Waals surface area contributed by atoms with Crippen LogP contribution in [0.25, 0.3) is 0 Å². The molecule has 96 valence electrons. The molecular weight excluding hydrogens is 214 g/mol. The van der Waals surface area contributed by atoms with Gasteiger partial charge in [0.1, 0.15) is 0 Å². The largest absolute Gasteiger partial charge is 0.391 e. The molecule has 1 atom stereocenters. The highest BCUT2D eigenvalue weighted by Gasteiger charge is 2.02. The number of nitrogens with zero attached hydrogens (tertiary/aromatic N) is 1. The number of hydrogen-bond donors (Lipinski definition) is 3. The maximum atomic E-state index is 9.62. The lowest BCUT2D eigenvalue weighted by molar-refractivity contribution is 0.176. The summed E-state index contributed by atoms with van der Waals surface area (Å²) in [4.78, 5) is 4.15. The summed E-state index contributed by atoms with van der Waals surface area (Å²) in [7, 11) is 0. The Kier molecular flexibility index (Phi) is 6.40. The van der Waals surface area contributed by atoms with E-state index >= 15 is 0 Å². The van der Waals surface area contributed by atoms with Crippen LogP contribution in [-0.4, -0.2) is 29.3 Å². The Bertz CT molecular complexity index is 317. The van der Waals surface area contributed by atoms with Crippen molar-refractivity contribution in [3.05, 3.63) is 18.5 Å². The first kappa shape index (κ1) is 13.8. The molecule has 4 nitrogen and oxygen atoms in total. The Labute approximate surface area is 103 Å². The zero-order valence-corrected chi connectivity index (χ0v) is 10.7. The molecule has 17 heavy (non-hydrogen) atoms. The molecule has 0 amide bonds. The summed E-state index contributed by atoms with van der Waals surface area (Å²) in [6.45, 7) is 5.72. The summed E-state index contributed by atoms with van der Waals surface area (Å²) < 4.78 is 0. The second-order valence-electron chi connectivity index (χ2n) is 4.21. The van der Waals surface area contributed by atoms with E-state index in [-0.39, 0.29) is 6.10 Å². The molecule has 0 saturated carbocycles. The molecule has 1 aromatic rings. The van der Waals surface area contributed by atoms with Gasteiger partial charge < -0.3 is 15.7 Å². The van der Waals surface area contributed by atoms with Gasteiger partial charge >= 0.3 is 0 Å². The molecule has 4 heteroatoms. The standard InChI is InChI=1S/C13H23N3O/c1-3-5-13(17)10-16-12-7-11(8-14-9-12)15-6-4-2/h7-9,13,15-17H,3-6,10H2,1-2H3. The van der Waals surface area contributed by atoms with Gasteiger partial charge in [0.05, 0.1) is 29.9 Å². The Morgan fingerprint density at radius 2 is 1.88 bits per heavy atom. The van der Waals surface area contributed by atoms with Crippen molar-refractivity contribution in [3.63, 3.8) is 0 Å². The van der Waals surface area contributed by atoms with E-state index in [0.29, 0.717) is 6.54 Å². The number of aromatic nitrogens is 1. The fourth-order valence-electron chi connectivity index (χ4n) is 1.57. The first-order valence-electron chi connectivity index (χ1n) is 6.37. The molecular formula is C13H23N3O. The molecule has 0 aliphatic heterocycles. The second kappa shape index (κ2) is 7.90. The molecule has 1 unspecified atom stereocenters. The Morgan fingerprint density at radius 3 is 2.53 bits per heavy atom. The van der Waals surface area contributed by atoms with Crippen LogP contribution in [0.15, 0.2) is 18.5 Å². The second-order valence-corrected chi connectivity index (χ2v) is 4.21. The molecule has 3 N–H and O–H groups in total. The smallest absolute Gasteiger partial charge is 0.0712 e. The van der Waals surface area contributed by atoms with Gasteiger partial charge in [0.15, 0.2) is 0 Å². The molecule has 0 bridgehead atoms. The highest BCUT2D eigenvalue weighted by atomic mass is 16.3. The SMILES string of the molecule is CCCNc1cncc(NCC(O)CCC)c1. The highest BCUT2D eigenvalue weighted by Crippen LogP contribution is 2.13. The van der Waals surface area contributed by atoms with Crippen molar-refractivity contribution in [1.29, 1.82) is 0 Å². The van der Waals surface area contributed by atoms with Crippen molar-refractivity contribution in [2.24, 2.45) is 0 Å². The molecule has 1 aromatic heterocycles. The minimum Gasteiger partial charge on any atom is -0.391 e. The summed E-state index contributed by atoms with van der Waals surface area (Å²) in [5.74, 6) is 0. The van der Waals surface area contributed by atoms with Crippen LogP contribution in [-0.2, 0) is 0 Å². The van der Waals surface area contributed by atoms with E-state index in [9.17, 15) is 5.11 Å². The number of anilines is 2. The highest BCUT2D eigenvalue weighted by molar-refractivity contribution is 5.53. The van der Waals surface area contributed by atoms with Crippen molar-refractivity contribution in [3.8, 4) is 0 Å². The number of aliphatic hydroxyl groups excluding tert-OH is 1. The van der Waals surface area contributed by atoms with Crippen LogP contribution >= 0.6 is 0 Å². The zero-order valence-electron chi connectivity index (χ0n) is 10.7. The van der Waals surface area contributed by atoms with Crippen molar-refractivity contribution >= 4 is 11.4 Å². The summed E-state index contributed by atoms with van der Waals surface area (Å²) >= 11 is 0. The van der Waals surface area contributed by atoms with Crippen LogP contribution < -0.4 is 10.6 Å². The van der Waals surface area contributed by atoms with Crippen LogP contribution in [0.3, 0.4) is 0 Å². The van der Waals surface area contributed by atoms with E-state index in [4.69, 9.17) is 0 Å². The lowest BCUT2D eigenvalue weighted by Crippen LogP contribution is -2.19. The minimum absolute atomic E-state index is 0.285. The van der Waals surface area contributed by atoms with Gasteiger partial charge in [-0.25, -0.2) is 0 Å². The average molecular weight is 237 g/mol. The molecule has 0 aromatic carbocycles. The Balaban J connectivity index is 2.42. The molecule has 0 aliphatic carbocycles. The maximum Gasteiger partial charge on any atom is 0.0712 e. The van der Waals surface area contributed by atoms with Gasteiger partial charge in [-0.1, -0.05) is 20.3 Å². The third-order valence-corrected chi connectivity index (χ3v) is 2.48. The molecule has 0 spiro atoms. The third-order valence-electron chi connectivity index (χ3n) is 2.48. The maximum absolute atomic E-state index is 9.62.